The van der Waals surface area contributed by atoms with E-state index in [0.717, 1.165) is 11.1 Å². The van der Waals surface area contributed by atoms with Crippen molar-refractivity contribution in [1.29, 1.82) is 0 Å². The fourth-order valence-corrected chi connectivity index (χ4v) is 2.99. The first-order valence-corrected chi connectivity index (χ1v) is 9.01. The molecular weight excluding hydrogens is 304 g/mol. The van der Waals surface area contributed by atoms with Crippen LogP contribution in [0.25, 0.3) is 0 Å². The first-order chi connectivity index (χ1) is 10.2. The monoisotopic (exact) mass is 328 g/mol. The molecule has 0 aliphatic rings. The van der Waals surface area contributed by atoms with Crippen LogP contribution in [0.1, 0.15) is 50.7 Å². The van der Waals surface area contributed by atoms with Crippen molar-refractivity contribution in [3.05, 3.63) is 29.3 Å². The fraction of sp³-hybridized carbons (Fsp3) is 0.562. The summed E-state index contributed by atoms with van der Waals surface area (Å²) in [6.45, 7) is 7.84. The summed E-state index contributed by atoms with van der Waals surface area (Å²) in [6, 6.07) is 5.53. The first kappa shape index (κ1) is 18.5. The minimum atomic E-state index is -3.73. The van der Waals surface area contributed by atoms with Crippen molar-refractivity contribution in [3.63, 3.8) is 0 Å². The molecule has 0 unspecified atom stereocenters. The maximum Gasteiger partial charge on any atom is 0.309 e. The van der Waals surface area contributed by atoms with Gasteiger partial charge in [0.2, 0.25) is 0 Å². The Kier molecular flexibility index (Phi) is 6.87. The lowest BCUT2D eigenvalue weighted by atomic mass is 10.0. The van der Waals surface area contributed by atoms with E-state index >= 15 is 0 Å². The molecule has 0 aliphatic heterocycles. The van der Waals surface area contributed by atoms with Crippen LogP contribution in [0.5, 0.6) is 5.75 Å². The van der Waals surface area contributed by atoms with E-state index in [1.807, 2.05) is 32.9 Å². The van der Waals surface area contributed by atoms with Crippen LogP contribution < -0.4 is 4.18 Å². The maximum absolute atomic E-state index is 12.1. The number of benzene rings is 1. The molecule has 124 valence electrons. The van der Waals surface area contributed by atoms with Gasteiger partial charge in [-0.2, -0.15) is 8.42 Å². The number of hydrogen-bond acceptors (Lipinski definition) is 5. The van der Waals surface area contributed by atoms with E-state index in [1.165, 1.54) is 0 Å². The van der Waals surface area contributed by atoms with Crippen LogP contribution in [-0.2, 0) is 19.6 Å². The van der Waals surface area contributed by atoms with Crippen molar-refractivity contribution < 1.29 is 22.1 Å². The van der Waals surface area contributed by atoms with E-state index in [4.69, 9.17) is 8.92 Å². The largest absolute Gasteiger partial charge is 0.466 e. The summed E-state index contributed by atoms with van der Waals surface area (Å²) in [5.41, 5.74) is 1.78. The summed E-state index contributed by atoms with van der Waals surface area (Å²) in [6.07, 6.45) is 0.255. The molecule has 6 heteroatoms. The van der Waals surface area contributed by atoms with Crippen LogP contribution >= 0.6 is 0 Å². The van der Waals surface area contributed by atoms with Gasteiger partial charge in [-0.3, -0.25) is 4.79 Å². The third-order valence-electron chi connectivity index (χ3n) is 3.09. The average molecular weight is 328 g/mol. The number of hydrogen-bond donors (Lipinski definition) is 0. The maximum atomic E-state index is 12.1. The Balaban J connectivity index is 2.72. The van der Waals surface area contributed by atoms with Crippen LogP contribution in [0.2, 0.25) is 0 Å². The molecule has 22 heavy (non-hydrogen) atoms. The molecule has 0 N–H and O–H groups in total. The van der Waals surface area contributed by atoms with Gasteiger partial charge in [-0.15, -0.1) is 0 Å². The number of aryl methyl sites for hydroxylation is 1. The van der Waals surface area contributed by atoms with Gasteiger partial charge in [0.1, 0.15) is 5.75 Å². The Bertz CT molecular complexity index is 605. The summed E-state index contributed by atoms with van der Waals surface area (Å²) in [5, 5.41) is 0. The zero-order chi connectivity index (χ0) is 16.8. The van der Waals surface area contributed by atoms with E-state index in [1.54, 1.807) is 13.0 Å². The normalized spacial score (nSPS) is 11.5. The van der Waals surface area contributed by atoms with Crippen LogP contribution in [0.3, 0.4) is 0 Å². The highest BCUT2D eigenvalue weighted by Gasteiger charge is 2.17. The molecule has 0 fully saturated rings. The summed E-state index contributed by atoms with van der Waals surface area (Å²) < 4.78 is 34.1. The first-order valence-electron chi connectivity index (χ1n) is 7.43. The molecule has 0 bridgehead atoms. The van der Waals surface area contributed by atoms with Gasteiger partial charge >= 0.3 is 16.1 Å². The molecule has 1 aromatic rings. The van der Waals surface area contributed by atoms with E-state index in [0.29, 0.717) is 12.4 Å². The summed E-state index contributed by atoms with van der Waals surface area (Å²) in [4.78, 5) is 11.2. The molecule has 1 aromatic carbocycles. The molecule has 5 nitrogen and oxygen atoms in total. The molecule has 0 aromatic heterocycles. The second-order valence-corrected chi connectivity index (χ2v) is 7.14. The van der Waals surface area contributed by atoms with E-state index in [-0.39, 0.29) is 24.5 Å². The van der Waals surface area contributed by atoms with E-state index < -0.39 is 16.1 Å². The average Bonchev–Trinajstić information content (AvgIpc) is 2.37. The van der Waals surface area contributed by atoms with E-state index in [9.17, 15) is 13.2 Å². The molecule has 0 aliphatic carbocycles. The molecule has 0 atom stereocenters. The Hall–Kier alpha value is -1.56. The SMILES string of the molecule is CCOC(=O)CCCS(=O)(=O)Oc1cc(C)ccc1C(C)C. The smallest absolute Gasteiger partial charge is 0.309 e. The third kappa shape index (κ3) is 6.05. The van der Waals surface area contributed by atoms with Crippen molar-refractivity contribution in [3.8, 4) is 5.75 Å². The third-order valence-corrected chi connectivity index (χ3v) is 4.31. The van der Waals surface area contributed by atoms with Gasteiger partial charge in [0, 0.05) is 6.42 Å². The zero-order valence-electron chi connectivity index (χ0n) is 13.6. The zero-order valence-corrected chi connectivity index (χ0v) is 14.4. The van der Waals surface area contributed by atoms with Crippen LogP contribution in [0.4, 0.5) is 0 Å². The summed E-state index contributed by atoms with van der Waals surface area (Å²) in [7, 11) is -3.73. The Morgan fingerprint density at radius 1 is 1.27 bits per heavy atom. The number of carbonyl (C=O) groups excluding carboxylic acids is 1. The Morgan fingerprint density at radius 2 is 1.95 bits per heavy atom. The fourth-order valence-electron chi connectivity index (χ4n) is 2.00. The van der Waals surface area contributed by atoms with Crippen LogP contribution in [-0.4, -0.2) is 26.7 Å². The molecular formula is C16H24O5S. The molecule has 0 heterocycles. The Morgan fingerprint density at radius 3 is 2.55 bits per heavy atom. The number of carbonyl (C=O) groups is 1. The highest BCUT2D eigenvalue weighted by molar-refractivity contribution is 7.87. The molecule has 0 saturated heterocycles. The minimum absolute atomic E-state index is 0.0707. The second-order valence-electron chi connectivity index (χ2n) is 5.45. The van der Waals surface area contributed by atoms with Gasteiger partial charge in [0.25, 0.3) is 0 Å². The Labute approximate surface area is 132 Å². The lowest BCUT2D eigenvalue weighted by molar-refractivity contribution is -0.143. The molecule has 0 spiro atoms. The van der Waals surface area contributed by atoms with Gasteiger partial charge in [-0.25, -0.2) is 0 Å². The second kappa shape index (κ2) is 8.17. The minimum Gasteiger partial charge on any atom is -0.466 e. The summed E-state index contributed by atoms with van der Waals surface area (Å²) >= 11 is 0. The number of rotatable bonds is 8. The van der Waals surface area contributed by atoms with Crippen LogP contribution in [0, 0.1) is 6.92 Å². The molecule has 0 amide bonds. The van der Waals surface area contributed by atoms with Crippen molar-refractivity contribution in [2.75, 3.05) is 12.4 Å². The highest BCUT2D eigenvalue weighted by atomic mass is 32.2. The van der Waals surface area contributed by atoms with Crippen molar-refractivity contribution in [2.45, 2.75) is 46.5 Å². The van der Waals surface area contributed by atoms with E-state index in [2.05, 4.69) is 0 Å². The summed E-state index contributed by atoms with van der Waals surface area (Å²) in [5.74, 6) is -0.0790. The predicted molar refractivity (Wildman–Crippen MR) is 85.5 cm³/mol. The van der Waals surface area contributed by atoms with Crippen molar-refractivity contribution in [1.82, 2.24) is 0 Å². The van der Waals surface area contributed by atoms with Gasteiger partial charge in [0.05, 0.1) is 12.4 Å². The van der Waals surface area contributed by atoms with Crippen molar-refractivity contribution >= 4 is 16.1 Å². The topological polar surface area (TPSA) is 69.7 Å². The number of esters is 1. The van der Waals surface area contributed by atoms with Gasteiger partial charge in [-0.05, 0) is 43.4 Å². The van der Waals surface area contributed by atoms with Gasteiger partial charge in [0.15, 0.2) is 0 Å². The highest BCUT2D eigenvalue weighted by Crippen LogP contribution is 2.28. The predicted octanol–water partition coefficient (Wildman–Crippen LogP) is 3.17. The molecule has 0 radical (unpaired) electrons. The lowest BCUT2D eigenvalue weighted by Gasteiger charge is -2.14. The lowest BCUT2D eigenvalue weighted by Crippen LogP contribution is -2.16. The van der Waals surface area contributed by atoms with Crippen LogP contribution in [0.15, 0.2) is 18.2 Å². The van der Waals surface area contributed by atoms with Gasteiger partial charge in [-0.1, -0.05) is 26.0 Å². The quantitative estimate of drug-likeness (QED) is 0.541. The van der Waals surface area contributed by atoms with Crippen molar-refractivity contribution in [2.24, 2.45) is 0 Å². The standard InChI is InChI=1S/C16H24O5S/c1-5-20-16(17)7-6-10-22(18,19)21-15-11-13(4)8-9-14(15)12(2)3/h8-9,11-12H,5-7,10H2,1-4H3. The molecule has 0 saturated carbocycles. The van der Waals surface area contributed by atoms with Gasteiger partial charge < -0.3 is 8.92 Å². The molecule has 1 rings (SSSR count). The number of ether oxygens (including phenoxy) is 1.